The van der Waals surface area contributed by atoms with Crippen molar-refractivity contribution in [3.05, 3.63) is 29.3 Å². The summed E-state index contributed by atoms with van der Waals surface area (Å²) < 4.78 is 0. The van der Waals surface area contributed by atoms with Crippen molar-refractivity contribution in [2.45, 2.75) is 52.0 Å². The summed E-state index contributed by atoms with van der Waals surface area (Å²) >= 11 is 0. The van der Waals surface area contributed by atoms with Crippen LogP contribution in [-0.4, -0.2) is 24.0 Å². The van der Waals surface area contributed by atoms with Gasteiger partial charge in [-0.1, -0.05) is 37.0 Å². The van der Waals surface area contributed by atoms with Crippen LogP contribution in [0, 0.1) is 13.8 Å². The van der Waals surface area contributed by atoms with E-state index in [4.69, 9.17) is 0 Å². The zero-order valence-electron chi connectivity index (χ0n) is 12.2. The molecule has 0 saturated heterocycles. The molecule has 1 fully saturated rings. The number of aryl methyl sites for hydroxylation is 2. The van der Waals surface area contributed by atoms with E-state index in [0.29, 0.717) is 6.04 Å². The normalized spacial score (nSPS) is 16.2. The molecule has 1 saturated carbocycles. The molecule has 3 heteroatoms. The fourth-order valence-electron chi connectivity index (χ4n) is 2.79. The Morgan fingerprint density at radius 3 is 2.53 bits per heavy atom. The van der Waals surface area contributed by atoms with Gasteiger partial charge >= 0.3 is 6.03 Å². The molecule has 1 aromatic rings. The van der Waals surface area contributed by atoms with E-state index in [9.17, 15) is 4.79 Å². The standard InChI is InChI=1S/C16H24N2O/c1-12-9-10-15(13(2)11-12)17-16(19)18(3)14-7-5-4-6-8-14/h9-11,14H,4-8H2,1-3H3,(H,17,19). The van der Waals surface area contributed by atoms with E-state index >= 15 is 0 Å². The second-order valence-corrected chi connectivity index (χ2v) is 5.65. The van der Waals surface area contributed by atoms with Gasteiger partial charge in [-0.05, 0) is 38.3 Å². The summed E-state index contributed by atoms with van der Waals surface area (Å²) in [4.78, 5) is 14.1. The number of benzene rings is 1. The number of hydrogen-bond donors (Lipinski definition) is 1. The molecule has 1 aliphatic carbocycles. The summed E-state index contributed by atoms with van der Waals surface area (Å²) in [5.74, 6) is 0. The molecule has 3 nitrogen and oxygen atoms in total. The molecule has 0 bridgehead atoms. The Morgan fingerprint density at radius 2 is 1.89 bits per heavy atom. The Bertz CT molecular complexity index is 450. The maximum Gasteiger partial charge on any atom is 0.321 e. The van der Waals surface area contributed by atoms with Crippen molar-refractivity contribution in [1.82, 2.24) is 4.90 Å². The van der Waals surface area contributed by atoms with Crippen LogP contribution >= 0.6 is 0 Å². The predicted molar refractivity (Wildman–Crippen MR) is 79.6 cm³/mol. The van der Waals surface area contributed by atoms with E-state index in [1.165, 1.54) is 24.8 Å². The minimum atomic E-state index is 0.0128. The zero-order chi connectivity index (χ0) is 13.8. The van der Waals surface area contributed by atoms with Gasteiger partial charge in [0.15, 0.2) is 0 Å². The van der Waals surface area contributed by atoms with Crippen LogP contribution in [0.25, 0.3) is 0 Å². The second-order valence-electron chi connectivity index (χ2n) is 5.65. The predicted octanol–water partition coefficient (Wildman–Crippen LogP) is 4.10. The topological polar surface area (TPSA) is 32.3 Å². The van der Waals surface area contributed by atoms with E-state index in [-0.39, 0.29) is 6.03 Å². The number of carbonyl (C=O) groups excluding carboxylic acids is 1. The first-order valence-electron chi connectivity index (χ1n) is 7.19. The smallest absolute Gasteiger partial charge is 0.321 e. The minimum absolute atomic E-state index is 0.0128. The van der Waals surface area contributed by atoms with Crippen molar-refractivity contribution >= 4 is 11.7 Å². The second kappa shape index (κ2) is 6.09. The molecule has 104 valence electrons. The Labute approximate surface area is 116 Å². The number of amides is 2. The van der Waals surface area contributed by atoms with Crippen LogP contribution in [0.5, 0.6) is 0 Å². The Hall–Kier alpha value is -1.51. The average Bonchev–Trinajstić information content (AvgIpc) is 2.42. The highest BCUT2D eigenvalue weighted by Gasteiger charge is 2.22. The highest BCUT2D eigenvalue weighted by Crippen LogP contribution is 2.23. The third-order valence-electron chi connectivity index (χ3n) is 4.07. The highest BCUT2D eigenvalue weighted by molar-refractivity contribution is 5.90. The fourth-order valence-corrected chi connectivity index (χ4v) is 2.79. The molecule has 1 N–H and O–H groups in total. The van der Waals surface area contributed by atoms with Crippen molar-refractivity contribution in [3.8, 4) is 0 Å². The number of nitrogens with one attached hydrogen (secondary N) is 1. The molecule has 1 aliphatic rings. The molecule has 19 heavy (non-hydrogen) atoms. The van der Waals surface area contributed by atoms with Gasteiger partial charge in [-0.25, -0.2) is 4.79 Å². The summed E-state index contributed by atoms with van der Waals surface area (Å²) in [6.07, 6.45) is 6.06. The van der Waals surface area contributed by atoms with Crippen LogP contribution in [0.1, 0.15) is 43.2 Å². The lowest BCUT2D eigenvalue weighted by Crippen LogP contribution is -2.41. The van der Waals surface area contributed by atoms with Gasteiger partial charge in [0.05, 0.1) is 0 Å². The Morgan fingerprint density at radius 1 is 1.21 bits per heavy atom. The summed E-state index contributed by atoms with van der Waals surface area (Å²) in [7, 11) is 1.91. The molecule has 0 heterocycles. The first-order valence-corrected chi connectivity index (χ1v) is 7.19. The van der Waals surface area contributed by atoms with Gasteiger partial charge in [0.25, 0.3) is 0 Å². The lowest BCUT2D eigenvalue weighted by molar-refractivity contribution is 0.186. The van der Waals surface area contributed by atoms with E-state index in [1.54, 1.807) is 0 Å². The number of rotatable bonds is 2. The van der Waals surface area contributed by atoms with E-state index in [0.717, 1.165) is 24.1 Å². The molecular formula is C16H24N2O. The van der Waals surface area contributed by atoms with Gasteiger partial charge in [0, 0.05) is 18.8 Å². The monoisotopic (exact) mass is 260 g/mol. The third-order valence-corrected chi connectivity index (χ3v) is 4.07. The summed E-state index contributed by atoms with van der Waals surface area (Å²) in [6.45, 7) is 4.09. The van der Waals surface area contributed by atoms with Gasteiger partial charge in [0.1, 0.15) is 0 Å². The molecule has 0 aromatic heterocycles. The molecule has 2 amide bonds. The van der Waals surface area contributed by atoms with Crippen LogP contribution in [0.2, 0.25) is 0 Å². The maximum atomic E-state index is 12.3. The number of nitrogens with zero attached hydrogens (tertiary/aromatic N) is 1. The Kier molecular flexibility index (Phi) is 4.46. The van der Waals surface area contributed by atoms with Crippen molar-refractivity contribution in [1.29, 1.82) is 0 Å². The van der Waals surface area contributed by atoms with Crippen molar-refractivity contribution in [2.75, 3.05) is 12.4 Å². The van der Waals surface area contributed by atoms with Gasteiger partial charge < -0.3 is 10.2 Å². The first-order chi connectivity index (χ1) is 9.08. The average molecular weight is 260 g/mol. The summed E-state index contributed by atoms with van der Waals surface area (Å²) in [5, 5.41) is 3.02. The molecule has 2 rings (SSSR count). The minimum Gasteiger partial charge on any atom is -0.325 e. The van der Waals surface area contributed by atoms with Crippen LogP contribution in [0.15, 0.2) is 18.2 Å². The highest BCUT2D eigenvalue weighted by atomic mass is 16.2. The van der Waals surface area contributed by atoms with E-state index in [1.807, 2.05) is 31.0 Å². The molecule has 1 aromatic carbocycles. The molecule has 0 aliphatic heterocycles. The largest absolute Gasteiger partial charge is 0.325 e. The van der Waals surface area contributed by atoms with Crippen LogP contribution in [0.4, 0.5) is 10.5 Å². The molecule has 0 radical (unpaired) electrons. The van der Waals surface area contributed by atoms with Gasteiger partial charge in [-0.2, -0.15) is 0 Å². The SMILES string of the molecule is Cc1ccc(NC(=O)N(C)C2CCCCC2)c(C)c1. The maximum absolute atomic E-state index is 12.3. The lowest BCUT2D eigenvalue weighted by atomic mass is 9.95. The number of carbonyl (C=O) groups is 1. The van der Waals surface area contributed by atoms with Crippen LogP contribution in [-0.2, 0) is 0 Å². The van der Waals surface area contributed by atoms with Crippen molar-refractivity contribution < 1.29 is 4.79 Å². The van der Waals surface area contributed by atoms with Crippen LogP contribution < -0.4 is 5.32 Å². The Balaban J connectivity index is 1.99. The molecule has 0 spiro atoms. The van der Waals surface area contributed by atoms with E-state index in [2.05, 4.69) is 18.3 Å². The number of hydrogen-bond acceptors (Lipinski definition) is 1. The summed E-state index contributed by atoms with van der Waals surface area (Å²) in [5.41, 5.74) is 3.25. The van der Waals surface area contributed by atoms with Crippen LogP contribution in [0.3, 0.4) is 0 Å². The van der Waals surface area contributed by atoms with Crippen molar-refractivity contribution in [3.63, 3.8) is 0 Å². The molecule has 0 unspecified atom stereocenters. The lowest BCUT2D eigenvalue weighted by Gasteiger charge is -2.31. The van der Waals surface area contributed by atoms with Gasteiger partial charge in [0.2, 0.25) is 0 Å². The van der Waals surface area contributed by atoms with E-state index < -0.39 is 0 Å². The fraction of sp³-hybridized carbons (Fsp3) is 0.562. The van der Waals surface area contributed by atoms with Gasteiger partial charge in [-0.3, -0.25) is 0 Å². The molecular weight excluding hydrogens is 236 g/mol. The first kappa shape index (κ1) is 13.9. The van der Waals surface area contributed by atoms with Gasteiger partial charge in [-0.15, -0.1) is 0 Å². The quantitative estimate of drug-likeness (QED) is 0.853. The number of anilines is 1. The zero-order valence-corrected chi connectivity index (χ0v) is 12.2. The van der Waals surface area contributed by atoms with Crippen molar-refractivity contribution in [2.24, 2.45) is 0 Å². The third kappa shape index (κ3) is 3.49. The summed E-state index contributed by atoms with van der Waals surface area (Å²) in [6, 6.07) is 6.52. The number of urea groups is 1. The molecule has 0 atom stereocenters.